The van der Waals surface area contributed by atoms with Crippen LogP contribution in [-0.4, -0.2) is 26.5 Å². The van der Waals surface area contributed by atoms with Crippen molar-refractivity contribution in [1.29, 1.82) is 0 Å². The molecule has 0 saturated carbocycles. The molecule has 0 spiro atoms. The first-order valence-corrected chi connectivity index (χ1v) is 9.30. The summed E-state index contributed by atoms with van der Waals surface area (Å²) in [7, 11) is 0. The van der Waals surface area contributed by atoms with Gasteiger partial charge in [-0.25, -0.2) is 9.55 Å². The number of anilines is 1. The predicted molar refractivity (Wildman–Crippen MR) is 96.4 cm³/mol. The molecule has 0 saturated heterocycles. The van der Waals surface area contributed by atoms with Crippen LogP contribution in [0.4, 0.5) is 5.95 Å². The number of nitrogens with one attached hydrogen (secondary N) is 2. The maximum Gasteiger partial charge on any atom is 0.241 e. The van der Waals surface area contributed by atoms with Crippen LogP contribution in [0.3, 0.4) is 0 Å². The summed E-state index contributed by atoms with van der Waals surface area (Å²) in [6.45, 7) is 3.99. The van der Waals surface area contributed by atoms with Crippen LogP contribution in [0.2, 0.25) is 10.6 Å². The molecule has 0 bridgehead atoms. The van der Waals surface area contributed by atoms with E-state index < -0.39 is 0 Å². The molecule has 0 amide bonds. The van der Waals surface area contributed by atoms with Gasteiger partial charge < -0.3 is 22.3 Å². The minimum atomic E-state index is 0. The lowest BCUT2D eigenvalue weighted by Gasteiger charge is -2.05. The third kappa shape index (κ3) is 8.33. The number of nitrogens with zero attached hydrogens (tertiary/aromatic N) is 4. The fraction of sp³-hybridized carbons (Fsp3) is 0.625. The Labute approximate surface area is 169 Å². The first-order valence-electron chi connectivity index (χ1n) is 8.55. The van der Waals surface area contributed by atoms with Crippen LogP contribution in [0.25, 0.3) is 0 Å². The number of rotatable bonds is 11. The van der Waals surface area contributed by atoms with Crippen molar-refractivity contribution < 1.29 is 21.5 Å². The molecular formula is C16H25BrCl2N6. The zero-order chi connectivity index (χ0) is 17.2. The summed E-state index contributed by atoms with van der Waals surface area (Å²) in [6, 6.07) is 0. The number of aromatic nitrogens is 5. The minimum absolute atomic E-state index is 0. The smallest absolute Gasteiger partial charge is 0.241 e. The summed E-state index contributed by atoms with van der Waals surface area (Å²) in [5.41, 5.74) is 1.25. The highest BCUT2D eigenvalue weighted by atomic mass is 79.9. The Balaban J connectivity index is 0.00000312. The molecule has 2 heterocycles. The van der Waals surface area contributed by atoms with E-state index >= 15 is 0 Å². The fourth-order valence-corrected chi connectivity index (χ4v) is 2.95. The van der Waals surface area contributed by atoms with E-state index in [4.69, 9.17) is 23.2 Å². The van der Waals surface area contributed by atoms with Crippen molar-refractivity contribution in [2.75, 3.05) is 11.9 Å². The summed E-state index contributed by atoms with van der Waals surface area (Å²) >= 11 is 11.5. The number of hydrogen-bond acceptors (Lipinski definition) is 4. The van der Waals surface area contributed by atoms with Gasteiger partial charge in [0.1, 0.15) is 11.9 Å². The molecule has 0 unspecified atom stereocenters. The lowest BCUT2D eigenvalue weighted by atomic mass is 10.1. The van der Waals surface area contributed by atoms with E-state index in [1.165, 1.54) is 44.2 Å². The maximum absolute atomic E-state index is 5.76. The minimum Gasteiger partial charge on any atom is -1.00 e. The van der Waals surface area contributed by atoms with Crippen LogP contribution < -0.4 is 26.9 Å². The normalized spacial score (nSPS) is 10.5. The van der Waals surface area contributed by atoms with Gasteiger partial charge in [-0.3, -0.25) is 0 Å². The van der Waals surface area contributed by atoms with Crippen LogP contribution in [0.5, 0.6) is 0 Å². The van der Waals surface area contributed by atoms with E-state index in [1.54, 1.807) is 0 Å². The molecule has 2 aromatic heterocycles. The Morgan fingerprint density at radius 3 is 2.44 bits per heavy atom. The summed E-state index contributed by atoms with van der Waals surface area (Å²) < 4.78 is 2.27. The lowest BCUT2D eigenvalue weighted by Crippen LogP contribution is -3.00. The van der Waals surface area contributed by atoms with Crippen LogP contribution in [0.1, 0.15) is 51.1 Å². The second-order valence-electron chi connectivity index (χ2n) is 5.77. The van der Waals surface area contributed by atoms with Crippen LogP contribution in [-0.2, 0) is 13.0 Å². The summed E-state index contributed by atoms with van der Waals surface area (Å²) in [6.07, 6.45) is 12.7. The standard InChI is InChI=1S/C16H24Cl2N6.BrH/c1-2-3-4-5-6-7-10-24-12-19-11-13(24)8-9-20-16-22-14(17)21-15(18)23-16;/h11-12H,2-10H2,1H3,(H,20,21,22,23);1H. The average Bonchev–Trinajstić information content (AvgIpc) is 2.97. The topological polar surface area (TPSA) is 70.4 Å². The van der Waals surface area contributed by atoms with Crippen molar-refractivity contribution >= 4 is 29.2 Å². The molecule has 0 aliphatic heterocycles. The Morgan fingerprint density at radius 2 is 1.72 bits per heavy atom. The average molecular weight is 452 g/mol. The van der Waals surface area contributed by atoms with E-state index in [0.717, 1.165) is 13.0 Å². The molecule has 25 heavy (non-hydrogen) atoms. The van der Waals surface area contributed by atoms with Gasteiger partial charge in [-0.15, -0.1) is 0 Å². The molecule has 0 aliphatic carbocycles. The molecule has 0 aliphatic rings. The van der Waals surface area contributed by atoms with Gasteiger partial charge in [0.25, 0.3) is 0 Å². The van der Waals surface area contributed by atoms with E-state index in [9.17, 15) is 0 Å². The number of hydrogen-bond donors (Lipinski definition) is 2. The van der Waals surface area contributed by atoms with Crippen molar-refractivity contribution in [3.05, 3.63) is 28.8 Å². The van der Waals surface area contributed by atoms with Gasteiger partial charge >= 0.3 is 0 Å². The van der Waals surface area contributed by atoms with Crippen molar-refractivity contribution in [3.8, 4) is 0 Å². The van der Waals surface area contributed by atoms with E-state index in [2.05, 4.69) is 36.7 Å². The summed E-state index contributed by atoms with van der Waals surface area (Å²) in [5, 5.41) is 3.31. The van der Waals surface area contributed by atoms with Crippen molar-refractivity contribution in [2.45, 2.75) is 58.4 Å². The van der Waals surface area contributed by atoms with Crippen molar-refractivity contribution in [1.82, 2.24) is 19.9 Å². The molecule has 0 aromatic carbocycles. The molecule has 0 radical (unpaired) electrons. The van der Waals surface area contributed by atoms with Crippen molar-refractivity contribution in [3.63, 3.8) is 0 Å². The van der Waals surface area contributed by atoms with Crippen LogP contribution in [0, 0.1) is 0 Å². The third-order valence-electron chi connectivity index (χ3n) is 3.85. The van der Waals surface area contributed by atoms with Gasteiger partial charge in [-0.1, -0.05) is 32.6 Å². The molecule has 9 heteroatoms. The zero-order valence-corrected chi connectivity index (χ0v) is 17.5. The van der Waals surface area contributed by atoms with Gasteiger partial charge in [0.15, 0.2) is 0 Å². The molecular weight excluding hydrogens is 427 g/mol. The van der Waals surface area contributed by atoms with Crippen molar-refractivity contribution in [2.24, 2.45) is 0 Å². The monoisotopic (exact) mass is 450 g/mol. The fourth-order valence-electron chi connectivity index (χ4n) is 2.58. The number of H-pyrrole nitrogens is 1. The first-order chi connectivity index (χ1) is 11.7. The SMILES string of the molecule is CCCCCCCC[n+]1c[nH]cc1CCNc1nc(Cl)nc(Cl)n1.[Br-]. The van der Waals surface area contributed by atoms with E-state index in [1.807, 2.05) is 12.5 Å². The highest BCUT2D eigenvalue weighted by Crippen LogP contribution is 2.09. The summed E-state index contributed by atoms with van der Waals surface area (Å²) in [4.78, 5) is 14.9. The van der Waals surface area contributed by atoms with E-state index in [0.29, 0.717) is 12.5 Å². The predicted octanol–water partition coefficient (Wildman–Crippen LogP) is 0.813. The van der Waals surface area contributed by atoms with Gasteiger partial charge in [-0.2, -0.15) is 15.0 Å². The zero-order valence-electron chi connectivity index (χ0n) is 14.4. The quantitative estimate of drug-likeness (QED) is 0.391. The van der Waals surface area contributed by atoms with Gasteiger partial charge in [0.2, 0.25) is 22.8 Å². The van der Waals surface area contributed by atoms with Crippen LogP contribution >= 0.6 is 23.2 Å². The Bertz CT molecular complexity index is 602. The number of halogens is 3. The van der Waals surface area contributed by atoms with Gasteiger partial charge in [0.05, 0.1) is 6.54 Å². The highest BCUT2D eigenvalue weighted by Gasteiger charge is 2.09. The molecule has 0 fully saturated rings. The Hall–Kier alpha value is -0.920. The molecule has 2 rings (SSSR count). The summed E-state index contributed by atoms with van der Waals surface area (Å²) in [5.74, 6) is 0.401. The number of unbranched alkanes of at least 4 members (excludes halogenated alkanes) is 5. The molecule has 0 atom stereocenters. The lowest BCUT2D eigenvalue weighted by molar-refractivity contribution is -0.703. The largest absolute Gasteiger partial charge is 1.00 e. The maximum atomic E-state index is 5.76. The van der Waals surface area contributed by atoms with E-state index in [-0.39, 0.29) is 27.5 Å². The number of aromatic amines is 1. The molecule has 2 aromatic rings. The number of imidazole rings is 1. The highest BCUT2D eigenvalue weighted by molar-refractivity contribution is 6.31. The van der Waals surface area contributed by atoms with Crippen LogP contribution in [0.15, 0.2) is 12.5 Å². The Kier molecular flexibility index (Phi) is 11.0. The molecule has 2 N–H and O–H groups in total. The molecule has 140 valence electrons. The first kappa shape index (κ1) is 22.1. The second kappa shape index (κ2) is 12.4. The van der Waals surface area contributed by atoms with Gasteiger partial charge in [0, 0.05) is 13.0 Å². The number of aryl methyl sites for hydroxylation is 1. The second-order valence-corrected chi connectivity index (χ2v) is 6.44. The van der Waals surface area contributed by atoms with Gasteiger partial charge in [-0.05, 0) is 36.0 Å². The third-order valence-corrected chi connectivity index (χ3v) is 4.18. The Morgan fingerprint density at radius 1 is 1.04 bits per heavy atom. The molecule has 6 nitrogen and oxygen atoms in total.